The summed E-state index contributed by atoms with van der Waals surface area (Å²) in [6.45, 7) is 9.58. The summed E-state index contributed by atoms with van der Waals surface area (Å²) in [5.74, 6) is 0.569. The Morgan fingerprint density at radius 1 is 0.741 bits per heavy atom. The fourth-order valence-corrected chi connectivity index (χ4v) is 2.77. The Balaban J connectivity index is 2.33. The summed E-state index contributed by atoms with van der Waals surface area (Å²) in [6, 6.07) is 6.57. The summed E-state index contributed by atoms with van der Waals surface area (Å²) in [7, 11) is 0. The van der Waals surface area contributed by atoms with Crippen LogP contribution in [0.3, 0.4) is 0 Å². The van der Waals surface area contributed by atoms with Crippen molar-refractivity contribution in [3.05, 3.63) is 35.4 Å². The third-order valence-electron chi connectivity index (χ3n) is 4.40. The SMILES string of the molecule is CC(C)CCCCCCOC(=O)c1cccc(C(=O)OCCCC(C)C)c1. The molecule has 1 aromatic rings. The van der Waals surface area contributed by atoms with E-state index in [2.05, 4.69) is 27.7 Å². The molecule has 0 aliphatic heterocycles. The maximum absolute atomic E-state index is 12.2. The van der Waals surface area contributed by atoms with Crippen LogP contribution in [-0.4, -0.2) is 25.2 Å². The molecule has 0 aliphatic carbocycles. The van der Waals surface area contributed by atoms with Crippen molar-refractivity contribution in [2.75, 3.05) is 13.2 Å². The van der Waals surface area contributed by atoms with Crippen LogP contribution in [0.4, 0.5) is 0 Å². The van der Waals surface area contributed by atoms with Crippen LogP contribution >= 0.6 is 0 Å². The fourth-order valence-electron chi connectivity index (χ4n) is 2.77. The van der Waals surface area contributed by atoms with Gasteiger partial charge in [-0.25, -0.2) is 9.59 Å². The molecule has 0 aromatic heterocycles. The Hall–Kier alpha value is -1.84. The van der Waals surface area contributed by atoms with Crippen molar-refractivity contribution in [3.8, 4) is 0 Å². The lowest BCUT2D eigenvalue weighted by Gasteiger charge is -2.08. The molecule has 0 radical (unpaired) electrons. The second kappa shape index (κ2) is 13.3. The molecule has 1 aromatic carbocycles. The van der Waals surface area contributed by atoms with Gasteiger partial charge in [0.05, 0.1) is 24.3 Å². The minimum absolute atomic E-state index is 0.383. The molecule has 0 heterocycles. The minimum atomic E-state index is -0.390. The third-order valence-corrected chi connectivity index (χ3v) is 4.40. The maximum atomic E-state index is 12.2. The first-order valence-electron chi connectivity index (χ1n) is 10.3. The highest BCUT2D eigenvalue weighted by molar-refractivity contribution is 5.95. The van der Waals surface area contributed by atoms with E-state index in [1.165, 1.54) is 19.3 Å². The largest absolute Gasteiger partial charge is 0.462 e. The predicted octanol–water partition coefficient (Wildman–Crippen LogP) is 6.04. The summed E-state index contributed by atoms with van der Waals surface area (Å²) in [5, 5.41) is 0. The smallest absolute Gasteiger partial charge is 0.338 e. The number of esters is 2. The van der Waals surface area contributed by atoms with Gasteiger partial charge in [0, 0.05) is 0 Å². The standard InChI is InChI=1S/C23H36O4/c1-18(2)11-7-5-6-8-15-26-22(24)20-13-9-14-21(17-20)23(25)27-16-10-12-19(3)4/h9,13-14,17-19H,5-8,10-12,15-16H2,1-4H3. The lowest BCUT2D eigenvalue weighted by Crippen LogP contribution is -2.10. The van der Waals surface area contributed by atoms with E-state index in [-0.39, 0.29) is 5.97 Å². The quantitative estimate of drug-likeness (QED) is 0.311. The Bertz CT molecular complexity index is 563. The average molecular weight is 377 g/mol. The molecule has 0 N–H and O–H groups in total. The van der Waals surface area contributed by atoms with E-state index in [0.717, 1.165) is 31.6 Å². The van der Waals surface area contributed by atoms with E-state index in [1.54, 1.807) is 24.3 Å². The first kappa shape index (κ1) is 23.2. The normalized spacial score (nSPS) is 11.0. The summed E-state index contributed by atoms with van der Waals surface area (Å²) in [6.07, 6.45) is 7.48. The van der Waals surface area contributed by atoms with Gasteiger partial charge < -0.3 is 9.47 Å². The van der Waals surface area contributed by atoms with Crippen molar-refractivity contribution in [3.63, 3.8) is 0 Å². The number of hydrogen-bond donors (Lipinski definition) is 0. The fraction of sp³-hybridized carbons (Fsp3) is 0.652. The minimum Gasteiger partial charge on any atom is -0.462 e. The molecule has 4 heteroatoms. The molecule has 0 spiro atoms. The van der Waals surface area contributed by atoms with Gasteiger partial charge in [0.1, 0.15) is 0 Å². The average Bonchev–Trinajstić information content (AvgIpc) is 2.63. The second-order valence-corrected chi connectivity index (χ2v) is 7.99. The van der Waals surface area contributed by atoms with Crippen molar-refractivity contribution < 1.29 is 19.1 Å². The van der Waals surface area contributed by atoms with E-state index in [1.807, 2.05) is 0 Å². The molecule has 0 unspecified atom stereocenters. The Morgan fingerprint density at radius 3 is 1.78 bits per heavy atom. The molecule has 0 fully saturated rings. The van der Waals surface area contributed by atoms with Crippen LogP contribution in [0.25, 0.3) is 0 Å². The first-order valence-corrected chi connectivity index (χ1v) is 10.3. The van der Waals surface area contributed by atoms with Gasteiger partial charge in [-0.2, -0.15) is 0 Å². The molecule has 0 atom stereocenters. The highest BCUT2D eigenvalue weighted by Gasteiger charge is 2.12. The van der Waals surface area contributed by atoms with Crippen molar-refractivity contribution in [2.45, 2.75) is 72.6 Å². The monoisotopic (exact) mass is 376 g/mol. The summed E-state index contributed by atoms with van der Waals surface area (Å²) >= 11 is 0. The highest BCUT2D eigenvalue weighted by Crippen LogP contribution is 2.12. The molecule has 152 valence electrons. The van der Waals surface area contributed by atoms with E-state index >= 15 is 0 Å². The van der Waals surface area contributed by atoms with E-state index in [0.29, 0.717) is 30.3 Å². The van der Waals surface area contributed by atoms with Crippen molar-refractivity contribution in [2.24, 2.45) is 11.8 Å². The van der Waals surface area contributed by atoms with Gasteiger partial charge in [-0.3, -0.25) is 0 Å². The number of hydrogen-bond acceptors (Lipinski definition) is 4. The van der Waals surface area contributed by atoms with Crippen LogP contribution in [0.2, 0.25) is 0 Å². The zero-order valence-corrected chi connectivity index (χ0v) is 17.5. The van der Waals surface area contributed by atoms with Gasteiger partial charge in [0.2, 0.25) is 0 Å². The summed E-state index contributed by atoms with van der Waals surface area (Å²) < 4.78 is 10.6. The van der Waals surface area contributed by atoms with Gasteiger partial charge in [0.15, 0.2) is 0 Å². The van der Waals surface area contributed by atoms with Gasteiger partial charge in [-0.05, 0) is 49.3 Å². The van der Waals surface area contributed by atoms with Crippen LogP contribution in [0.5, 0.6) is 0 Å². The van der Waals surface area contributed by atoms with Crippen LogP contribution in [0, 0.1) is 11.8 Å². The molecule has 0 bridgehead atoms. The third kappa shape index (κ3) is 10.8. The number of carbonyl (C=O) groups is 2. The van der Waals surface area contributed by atoms with E-state index in [4.69, 9.17) is 9.47 Å². The maximum Gasteiger partial charge on any atom is 0.338 e. The molecule has 4 nitrogen and oxygen atoms in total. The number of rotatable bonds is 13. The molecular formula is C23H36O4. The molecule has 27 heavy (non-hydrogen) atoms. The number of ether oxygens (including phenoxy) is 2. The van der Waals surface area contributed by atoms with Gasteiger partial charge in [-0.1, -0.05) is 59.4 Å². The molecule has 0 saturated carbocycles. The van der Waals surface area contributed by atoms with E-state index < -0.39 is 5.97 Å². The van der Waals surface area contributed by atoms with Crippen LogP contribution in [0.1, 0.15) is 93.4 Å². The molecular weight excluding hydrogens is 340 g/mol. The lowest BCUT2D eigenvalue weighted by molar-refractivity contribution is 0.0494. The Kier molecular flexibility index (Phi) is 11.5. The lowest BCUT2D eigenvalue weighted by atomic mass is 10.0. The first-order chi connectivity index (χ1) is 12.9. The topological polar surface area (TPSA) is 52.6 Å². The Morgan fingerprint density at radius 2 is 1.22 bits per heavy atom. The summed E-state index contributed by atoms with van der Waals surface area (Å²) in [4.78, 5) is 24.3. The molecule has 0 aliphatic rings. The Labute approximate surface area is 164 Å². The van der Waals surface area contributed by atoms with Crippen molar-refractivity contribution in [1.29, 1.82) is 0 Å². The molecule has 0 saturated heterocycles. The predicted molar refractivity (Wildman–Crippen MR) is 109 cm³/mol. The van der Waals surface area contributed by atoms with Crippen molar-refractivity contribution >= 4 is 11.9 Å². The van der Waals surface area contributed by atoms with Gasteiger partial charge in [0.25, 0.3) is 0 Å². The van der Waals surface area contributed by atoms with Crippen LogP contribution < -0.4 is 0 Å². The zero-order chi connectivity index (χ0) is 20.1. The van der Waals surface area contributed by atoms with Crippen LogP contribution in [0.15, 0.2) is 24.3 Å². The highest BCUT2D eigenvalue weighted by atomic mass is 16.5. The van der Waals surface area contributed by atoms with Crippen LogP contribution in [-0.2, 0) is 9.47 Å². The molecule has 0 amide bonds. The summed E-state index contributed by atoms with van der Waals surface area (Å²) in [5.41, 5.74) is 0.786. The second-order valence-electron chi connectivity index (χ2n) is 7.99. The van der Waals surface area contributed by atoms with Gasteiger partial charge >= 0.3 is 11.9 Å². The zero-order valence-electron chi connectivity index (χ0n) is 17.5. The van der Waals surface area contributed by atoms with Crippen molar-refractivity contribution in [1.82, 2.24) is 0 Å². The van der Waals surface area contributed by atoms with E-state index in [9.17, 15) is 9.59 Å². The van der Waals surface area contributed by atoms with Gasteiger partial charge in [-0.15, -0.1) is 0 Å². The number of benzene rings is 1. The number of carbonyl (C=O) groups excluding carboxylic acids is 2. The number of unbranched alkanes of at least 4 members (excludes halogenated alkanes) is 3. The molecule has 1 rings (SSSR count).